The maximum Gasteiger partial charge on any atom is 0.435 e. The molecule has 1 aromatic heterocycles. The molecule has 0 aliphatic carbocycles. The summed E-state index contributed by atoms with van der Waals surface area (Å²) >= 11 is 0. The highest BCUT2D eigenvalue weighted by molar-refractivity contribution is 5.75. The fraction of sp³-hybridized carbons (Fsp3) is 0.667. The zero-order valence-electron chi connectivity index (χ0n) is 11.4. The van der Waals surface area contributed by atoms with Crippen LogP contribution in [0.2, 0.25) is 0 Å². The molecule has 1 heterocycles. The van der Waals surface area contributed by atoms with Crippen LogP contribution in [-0.2, 0) is 22.3 Å². The zero-order chi connectivity index (χ0) is 15.2. The summed E-state index contributed by atoms with van der Waals surface area (Å²) in [5.41, 5.74) is -0.976. The van der Waals surface area contributed by atoms with Crippen molar-refractivity contribution in [2.45, 2.75) is 39.0 Å². The van der Waals surface area contributed by atoms with Gasteiger partial charge in [0.05, 0.1) is 13.2 Å². The lowest BCUT2D eigenvalue weighted by Crippen LogP contribution is -2.42. The summed E-state index contributed by atoms with van der Waals surface area (Å²) in [4.78, 5) is 11.7. The second kappa shape index (κ2) is 7.28. The first-order valence-electron chi connectivity index (χ1n) is 6.39. The van der Waals surface area contributed by atoms with Crippen molar-refractivity contribution >= 4 is 5.97 Å². The van der Waals surface area contributed by atoms with Gasteiger partial charge >= 0.3 is 12.1 Å². The van der Waals surface area contributed by atoms with E-state index in [-0.39, 0.29) is 13.2 Å². The number of esters is 1. The highest BCUT2D eigenvalue weighted by atomic mass is 19.4. The smallest absolute Gasteiger partial charge is 0.435 e. The Morgan fingerprint density at radius 1 is 1.50 bits per heavy atom. The normalized spacial score (nSPS) is 13.2. The Labute approximate surface area is 115 Å². The summed E-state index contributed by atoms with van der Waals surface area (Å²) in [5, 5.41) is 6.35. The molecular weight excluding hydrogens is 275 g/mol. The predicted molar refractivity (Wildman–Crippen MR) is 65.9 cm³/mol. The molecule has 114 valence electrons. The van der Waals surface area contributed by atoms with Crippen LogP contribution in [0.15, 0.2) is 12.3 Å². The van der Waals surface area contributed by atoms with E-state index in [9.17, 15) is 18.0 Å². The Balaban J connectivity index is 2.73. The van der Waals surface area contributed by atoms with E-state index in [1.807, 2.05) is 6.92 Å². The highest BCUT2D eigenvalue weighted by Gasteiger charge is 2.33. The van der Waals surface area contributed by atoms with Crippen molar-refractivity contribution in [1.82, 2.24) is 15.1 Å². The molecule has 0 fully saturated rings. The molecule has 1 rings (SSSR count). The van der Waals surface area contributed by atoms with Crippen LogP contribution >= 0.6 is 0 Å². The van der Waals surface area contributed by atoms with Crippen LogP contribution in [0, 0.1) is 0 Å². The summed E-state index contributed by atoms with van der Waals surface area (Å²) < 4.78 is 43.3. The standard InChI is InChI=1S/C12H18F3N3O2/c1-3-6-16-9(11(19)20-4-2)8-18-7-5-10(17-18)12(13,14)15/h5,7,9,16H,3-4,6,8H2,1-2H3. The van der Waals surface area contributed by atoms with Gasteiger partial charge in [0.15, 0.2) is 5.69 Å². The molecule has 1 aromatic rings. The number of halogens is 3. The van der Waals surface area contributed by atoms with E-state index in [1.165, 1.54) is 6.20 Å². The quantitative estimate of drug-likeness (QED) is 0.779. The second-order valence-corrected chi connectivity index (χ2v) is 4.18. The number of nitrogens with zero attached hydrogens (tertiary/aromatic N) is 2. The molecule has 0 bridgehead atoms. The number of aromatic nitrogens is 2. The Bertz CT molecular complexity index is 432. The average Bonchev–Trinajstić information content (AvgIpc) is 2.83. The minimum atomic E-state index is -4.48. The number of hydrogen-bond donors (Lipinski definition) is 1. The van der Waals surface area contributed by atoms with Crippen LogP contribution < -0.4 is 5.32 Å². The van der Waals surface area contributed by atoms with Crippen LogP contribution in [0.5, 0.6) is 0 Å². The molecule has 1 N–H and O–H groups in total. The first-order valence-corrected chi connectivity index (χ1v) is 6.39. The SMILES string of the molecule is CCCNC(Cn1ccc(C(F)(F)F)n1)C(=O)OCC. The van der Waals surface area contributed by atoms with Crippen LogP contribution in [-0.4, -0.2) is 34.9 Å². The fourth-order valence-electron chi connectivity index (χ4n) is 1.59. The van der Waals surface area contributed by atoms with E-state index in [4.69, 9.17) is 4.74 Å². The third kappa shape index (κ3) is 4.84. The van der Waals surface area contributed by atoms with E-state index < -0.39 is 23.9 Å². The van der Waals surface area contributed by atoms with Crippen molar-refractivity contribution in [1.29, 1.82) is 0 Å². The summed E-state index contributed by atoms with van der Waals surface area (Å²) in [6, 6.07) is 0.165. The van der Waals surface area contributed by atoms with E-state index in [0.29, 0.717) is 6.54 Å². The summed E-state index contributed by atoms with van der Waals surface area (Å²) in [6.45, 7) is 4.37. The number of hydrogen-bond acceptors (Lipinski definition) is 4. The molecule has 0 spiro atoms. The molecule has 8 heteroatoms. The van der Waals surface area contributed by atoms with E-state index in [0.717, 1.165) is 17.2 Å². The molecular formula is C12H18F3N3O2. The molecule has 0 aliphatic heterocycles. The molecule has 0 amide bonds. The first kappa shape index (κ1) is 16.5. The lowest BCUT2D eigenvalue weighted by molar-refractivity contribution is -0.146. The Morgan fingerprint density at radius 3 is 2.70 bits per heavy atom. The van der Waals surface area contributed by atoms with Gasteiger partial charge in [0.1, 0.15) is 6.04 Å². The maximum atomic E-state index is 12.4. The molecule has 20 heavy (non-hydrogen) atoms. The van der Waals surface area contributed by atoms with E-state index >= 15 is 0 Å². The highest BCUT2D eigenvalue weighted by Crippen LogP contribution is 2.27. The summed E-state index contributed by atoms with van der Waals surface area (Å²) in [6.07, 6.45) is -2.49. The molecule has 1 unspecified atom stereocenters. The number of carbonyl (C=O) groups is 1. The Kier molecular flexibility index (Phi) is 6.00. The van der Waals surface area contributed by atoms with Crippen molar-refractivity contribution in [2.24, 2.45) is 0 Å². The summed E-state index contributed by atoms with van der Waals surface area (Å²) in [7, 11) is 0. The summed E-state index contributed by atoms with van der Waals surface area (Å²) in [5.74, 6) is -0.495. The number of carbonyl (C=O) groups excluding carboxylic acids is 1. The second-order valence-electron chi connectivity index (χ2n) is 4.18. The van der Waals surface area contributed by atoms with Crippen molar-refractivity contribution in [2.75, 3.05) is 13.2 Å². The van der Waals surface area contributed by atoms with E-state index in [2.05, 4.69) is 10.4 Å². The topological polar surface area (TPSA) is 56.2 Å². The van der Waals surface area contributed by atoms with Crippen LogP contribution in [0.4, 0.5) is 13.2 Å². The van der Waals surface area contributed by atoms with Crippen LogP contribution in [0.25, 0.3) is 0 Å². The van der Waals surface area contributed by atoms with Crippen molar-refractivity contribution in [3.05, 3.63) is 18.0 Å². The van der Waals surface area contributed by atoms with Crippen LogP contribution in [0.1, 0.15) is 26.0 Å². The molecule has 0 aliphatic rings. The van der Waals surface area contributed by atoms with Crippen molar-refractivity contribution in [3.8, 4) is 0 Å². The van der Waals surface area contributed by atoms with Gasteiger partial charge in [-0.05, 0) is 26.0 Å². The van der Waals surface area contributed by atoms with Gasteiger partial charge in [-0.1, -0.05) is 6.92 Å². The van der Waals surface area contributed by atoms with Gasteiger partial charge in [-0.3, -0.25) is 9.48 Å². The van der Waals surface area contributed by atoms with Crippen LogP contribution in [0.3, 0.4) is 0 Å². The minimum Gasteiger partial charge on any atom is -0.465 e. The monoisotopic (exact) mass is 293 g/mol. The fourth-order valence-corrected chi connectivity index (χ4v) is 1.59. The number of nitrogens with one attached hydrogen (secondary N) is 1. The third-order valence-electron chi connectivity index (χ3n) is 2.51. The van der Waals surface area contributed by atoms with Gasteiger partial charge in [-0.2, -0.15) is 18.3 Å². The largest absolute Gasteiger partial charge is 0.465 e. The average molecular weight is 293 g/mol. The van der Waals surface area contributed by atoms with Crippen molar-refractivity contribution < 1.29 is 22.7 Å². The van der Waals surface area contributed by atoms with Gasteiger partial charge in [0.2, 0.25) is 0 Å². The molecule has 0 radical (unpaired) electrons. The molecule has 1 atom stereocenters. The van der Waals surface area contributed by atoms with Crippen molar-refractivity contribution in [3.63, 3.8) is 0 Å². The minimum absolute atomic E-state index is 0.00505. The number of ether oxygens (including phenoxy) is 1. The molecule has 0 saturated heterocycles. The zero-order valence-corrected chi connectivity index (χ0v) is 11.4. The molecule has 0 aromatic carbocycles. The first-order chi connectivity index (χ1) is 9.38. The molecule has 0 saturated carbocycles. The lowest BCUT2D eigenvalue weighted by atomic mass is 10.3. The maximum absolute atomic E-state index is 12.4. The van der Waals surface area contributed by atoms with Gasteiger partial charge < -0.3 is 10.1 Å². The number of rotatable bonds is 7. The van der Waals surface area contributed by atoms with Gasteiger partial charge in [-0.25, -0.2) is 0 Å². The number of alkyl halides is 3. The lowest BCUT2D eigenvalue weighted by Gasteiger charge is -2.16. The molecule has 5 nitrogen and oxygen atoms in total. The van der Waals surface area contributed by atoms with E-state index in [1.54, 1.807) is 6.92 Å². The van der Waals surface area contributed by atoms with Gasteiger partial charge in [-0.15, -0.1) is 0 Å². The van der Waals surface area contributed by atoms with Gasteiger partial charge in [0.25, 0.3) is 0 Å². The van der Waals surface area contributed by atoms with Gasteiger partial charge in [0, 0.05) is 6.20 Å². The predicted octanol–water partition coefficient (Wildman–Crippen LogP) is 1.83. The Hall–Kier alpha value is -1.57. The third-order valence-corrected chi connectivity index (χ3v) is 2.51. The Morgan fingerprint density at radius 2 is 2.20 bits per heavy atom.